The van der Waals surface area contributed by atoms with Crippen LogP contribution in [0, 0.1) is 6.92 Å². The standard InChI is InChI=1S/C22H25N3O5/c1-14-5-8-16(9-6-14)22(2)20(27)25(21(28)24-22)13-19(26)23-12-15-7-10-17(29-3)18(11-15)30-4/h5-11H,12-13H2,1-4H3,(H,23,26)(H,24,28). The predicted molar refractivity (Wildman–Crippen MR) is 110 cm³/mol. The quantitative estimate of drug-likeness (QED) is 0.680. The molecule has 1 aliphatic rings. The summed E-state index contributed by atoms with van der Waals surface area (Å²) in [5.74, 6) is 0.230. The average Bonchev–Trinajstić information content (AvgIpc) is 2.96. The Labute approximate surface area is 175 Å². The number of benzene rings is 2. The summed E-state index contributed by atoms with van der Waals surface area (Å²) in [6.45, 7) is 3.44. The van der Waals surface area contributed by atoms with E-state index in [4.69, 9.17) is 9.47 Å². The first kappa shape index (κ1) is 21.2. The van der Waals surface area contributed by atoms with Crippen molar-refractivity contribution in [3.63, 3.8) is 0 Å². The lowest BCUT2D eigenvalue weighted by Crippen LogP contribution is -2.43. The second-order valence-electron chi connectivity index (χ2n) is 7.28. The van der Waals surface area contributed by atoms with Crippen molar-refractivity contribution >= 4 is 17.8 Å². The number of urea groups is 1. The first-order valence-corrected chi connectivity index (χ1v) is 9.47. The van der Waals surface area contributed by atoms with Gasteiger partial charge in [0.2, 0.25) is 5.91 Å². The normalized spacial score (nSPS) is 18.2. The highest BCUT2D eigenvalue weighted by Gasteiger charge is 2.49. The van der Waals surface area contributed by atoms with Gasteiger partial charge in [0, 0.05) is 6.54 Å². The third-order valence-electron chi connectivity index (χ3n) is 5.14. The lowest BCUT2D eigenvalue weighted by Gasteiger charge is -2.22. The molecule has 1 atom stereocenters. The topological polar surface area (TPSA) is 97.0 Å². The van der Waals surface area contributed by atoms with Crippen molar-refractivity contribution in [1.29, 1.82) is 0 Å². The number of rotatable bonds is 7. The van der Waals surface area contributed by atoms with Gasteiger partial charge in [0.1, 0.15) is 12.1 Å². The van der Waals surface area contributed by atoms with Gasteiger partial charge < -0.3 is 20.1 Å². The van der Waals surface area contributed by atoms with Crippen LogP contribution < -0.4 is 20.1 Å². The number of hydrogen-bond donors (Lipinski definition) is 2. The molecule has 158 valence electrons. The Morgan fingerprint density at radius 3 is 2.37 bits per heavy atom. The number of nitrogens with zero attached hydrogens (tertiary/aromatic N) is 1. The minimum absolute atomic E-state index is 0.220. The number of ether oxygens (including phenoxy) is 2. The van der Waals surface area contributed by atoms with E-state index >= 15 is 0 Å². The van der Waals surface area contributed by atoms with Crippen molar-refractivity contribution < 1.29 is 23.9 Å². The Morgan fingerprint density at radius 2 is 1.73 bits per heavy atom. The van der Waals surface area contributed by atoms with Gasteiger partial charge >= 0.3 is 6.03 Å². The van der Waals surface area contributed by atoms with Crippen molar-refractivity contribution in [2.75, 3.05) is 20.8 Å². The van der Waals surface area contributed by atoms with Gasteiger partial charge in [-0.3, -0.25) is 14.5 Å². The van der Waals surface area contributed by atoms with Crippen LogP contribution in [-0.2, 0) is 21.7 Å². The number of hydrogen-bond acceptors (Lipinski definition) is 5. The van der Waals surface area contributed by atoms with Gasteiger partial charge in [-0.15, -0.1) is 0 Å². The molecule has 1 saturated heterocycles. The molecule has 0 aliphatic carbocycles. The summed E-state index contributed by atoms with van der Waals surface area (Å²) in [5, 5.41) is 5.42. The molecule has 3 rings (SSSR count). The van der Waals surface area contributed by atoms with E-state index in [0.29, 0.717) is 17.1 Å². The lowest BCUT2D eigenvalue weighted by atomic mass is 9.91. The van der Waals surface area contributed by atoms with E-state index in [1.165, 1.54) is 7.11 Å². The Morgan fingerprint density at radius 1 is 1.07 bits per heavy atom. The van der Waals surface area contributed by atoms with E-state index in [0.717, 1.165) is 16.0 Å². The molecule has 1 aliphatic heterocycles. The van der Waals surface area contributed by atoms with Crippen molar-refractivity contribution in [3.8, 4) is 11.5 Å². The number of nitrogens with one attached hydrogen (secondary N) is 2. The maximum absolute atomic E-state index is 12.9. The molecule has 2 aromatic rings. The molecular weight excluding hydrogens is 386 g/mol. The van der Waals surface area contributed by atoms with Crippen LogP contribution in [0.25, 0.3) is 0 Å². The lowest BCUT2D eigenvalue weighted by molar-refractivity contribution is -0.134. The minimum atomic E-state index is -1.20. The second-order valence-corrected chi connectivity index (χ2v) is 7.28. The Hall–Kier alpha value is -3.55. The van der Waals surface area contributed by atoms with E-state index in [2.05, 4.69) is 10.6 Å². The second kappa shape index (κ2) is 8.44. The van der Waals surface area contributed by atoms with Gasteiger partial charge in [-0.25, -0.2) is 4.79 Å². The molecular formula is C22H25N3O5. The first-order chi connectivity index (χ1) is 14.3. The number of methoxy groups -OCH3 is 2. The minimum Gasteiger partial charge on any atom is -0.493 e. The van der Waals surface area contributed by atoms with Gasteiger partial charge in [-0.1, -0.05) is 35.9 Å². The van der Waals surface area contributed by atoms with Gasteiger partial charge in [0.25, 0.3) is 5.91 Å². The molecule has 8 nitrogen and oxygen atoms in total. The third kappa shape index (κ3) is 4.07. The van der Waals surface area contributed by atoms with Crippen molar-refractivity contribution in [2.45, 2.75) is 25.9 Å². The highest BCUT2D eigenvalue weighted by Crippen LogP contribution is 2.29. The van der Waals surface area contributed by atoms with Crippen LogP contribution in [0.1, 0.15) is 23.6 Å². The van der Waals surface area contributed by atoms with E-state index in [-0.39, 0.29) is 13.1 Å². The van der Waals surface area contributed by atoms with E-state index in [9.17, 15) is 14.4 Å². The highest BCUT2D eigenvalue weighted by atomic mass is 16.5. The Balaban J connectivity index is 1.64. The molecule has 30 heavy (non-hydrogen) atoms. The van der Waals surface area contributed by atoms with Crippen molar-refractivity contribution in [1.82, 2.24) is 15.5 Å². The Bertz CT molecular complexity index is 973. The van der Waals surface area contributed by atoms with Crippen LogP contribution in [-0.4, -0.2) is 43.5 Å². The van der Waals surface area contributed by atoms with E-state index in [1.54, 1.807) is 44.4 Å². The fourth-order valence-corrected chi connectivity index (χ4v) is 3.31. The number of amides is 4. The van der Waals surface area contributed by atoms with Gasteiger partial charge in [0.15, 0.2) is 11.5 Å². The van der Waals surface area contributed by atoms with Gasteiger partial charge in [-0.2, -0.15) is 0 Å². The van der Waals surface area contributed by atoms with Crippen LogP contribution in [0.4, 0.5) is 4.79 Å². The maximum Gasteiger partial charge on any atom is 0.325 e. The number of aryl methyl sites for hydroxylation is 1. The number of imide groups is 1. The summed E-state index contributed by atoms with van der Waals surface area (Å²) >= 11 is 0. The largest absolute Gasteiger partial charge is 0.493 e. The molecule has 0 bridgehead atoms. The summed E-state index contributed by atoms with van der Waals surface area (Å²) in [6.07, 6.45) is 0. The summed E-state index contributed by atoms with van der Waals surface area (Å²) in [7, 11) is 3.07. The molecule has 0 saturated carbocycles. The number of carbonyl (C=O) groups excluding carboxylic acids is 3. The van der Waals surface area contributed by atoms with Crippen LogP contribution in [0.3, 0.4) is 0 Å². The van der Waals surface area contributed by atoms with E-state index < -0.39 is 23.4 Å². The molecule has 8 heteroatoms. The van der Waals surface area contributed by atoms with E-state index in [1.807, 2.05) is 19.1 Å². The van der Waals surface area contributed by atoms with Crippen molar-refractivity contribution in [3.05, 3.63) is 59.2 Å². The molecule has 1 unspecified atom stereocenters. The Kier molecular flexibility index (Phi) is 5.96. The summed E-state index contributed by atoms with van der Waals surface area (Å²) in [4.78, 5) is 38.6. The zero-order valence-electron chi connectivity index (χ0n) is 17.4. The summed E-state index contributed by atoms with van der Waals surface area (Å²) in [6, 6.07) is 12.0. The fourth-order valence-electron chi connectivity index (χ4n) is 3.31. The molecule has 0 spiro atoms. The molecule has 2 aromatic carbocycles. The van der Waals surface area contributed by atoms with Crippen LogP contribution in [0.5, 0.6) is 11.5 Å². The average molecular weight is 411 g/mol. The molecule has 2 N–H and O–H groups in total. The van der Waals surface area contributed by atoms with Crippen LogP contribution in [0.2, 0.25) is 0 Å². The maximum atomic E-state index is 12.9. The highest BCUT2D eigenvalue weighted by molar-refractivity contribution is 6.09. The van der Waals surface area contributed by atoms with Crippen LogP contribution >= 0.6 is 0 Å². The van der Waals surface area contributed by atoms with Crippen molar-refractivity contribution in [2.24, 2.45) is 0 Å². The first-order valence-electron chi connectivity index (χ1n) is 9.47. The molecule has 1 fully saturated rings. The number of carbonyl (C=O) groups is 3. The van der Waals surface area contributed by atoms with Crippen LogP contribution in [0.15, 0.2) is 42.5 Å². The monoisotopic (exact) mass is 411 g/mol. The molecule has 4 amide bonds. The summed E-state index contributed by atoms with van der Waals surface area (Å²) in [5.41, 5.74) is 1.31. The molecule has 1 heterocycles. The van der Waals surface area contributed by atoms with Gasteiger partial charge in [0.05, 0.1) is 14.2 Å². The zero-order chi connectivity index (χ0) is 21.9. The third-order valence-corrected chi connectivity index (χ3v) is 5.14. The van der Waals surface area contributed by atoms with Gasteiger partial charge in [-0.05, 0) is 37.1 Å². The SMILES string of the molecule is COc1ccc(CNC(=O)CN2C(=O)NC(C)(c3ccc(C)cc3)C2=O)cc1OC. The fraction of sp³-hybridized carbons (Fsp3) is 0.318. The zero-order valence-corrected chi connectivity index (χ0v) is 17.4. The molecule has 0 aromatic heterocycles. The molecule has 0 radical (unpaired) electrons. The predicted octanol–water partition coefficient (Wildman–Crippen LogP) is 2.10. The smallest absolute Gasteiger partial charge is 0.325 e. The summed E-state index contributed by atoms with van der Waals surface area (Å²) < 4.78 is 10.4.